The monoisotopic (exact) mass is 245 g/mol. The quantitative estimate of drug-likeness (QED) is 0.633. The van der Waals surface area contributed by atoms with E-state index in [4.69, 9.17) is 11.1 Å². The number of nitrogens with two attached hydrogens (primary N) is 1. The highest BCUT2D eigenvalue weighted by molar-refractivity contribution is 5.78. The molecule has 0 radical (unpaired) electrons. The molecule has 0 saturated heterocycles. The number of rotatable bonds is 4. The van der Waals surface area contributed by atoms with E-state index in [1.807, 2.05) is 0 Å². The predicted octanol–water partition coefficient (Wildman–Crippen LogP) is 2.93. The zero-order valence-electron chi connectivity index (χ0n) is 11.2. The molecule has 3 nitrogen and oxygen atoms in total. The predicted molar refractivity (Wildman–Crippen MR) is 77.3 cm³/mol. The van der Waals surface area contributed by atoms with Gasteiger partial charge in [0.15, 0.2) is 0 Å². The fourth-order valence-corrected chi connectivity index (χ4v) is 2.83. The fourth-order valence-electron chi connectivity index (χ4n) is 2.83. The van der Waals surface area contributed by atoms with E-state index >= 15 is 0 Å². The van der Waals surface area contributed by atoms with Gasteiger partial charge in [-0.3, -0.25) is 5.41 Å². The van der Waals surface area contributed by atoms with E-state index in [2.05, 4.69) is 36.1 Å². The summed E-state index contributed by atoms with van der Waals surface area (Å²) in [6.45, 7) is 3.27. The van der Waals surface area contributed by atoms with Crippen molar-refractivity contribution >= 4 is 11.5 Å². The van der Waals surface area contributed by atoms with Crippen LogP contribution >= 0.6 is 0 Å². The third-order valence-corrected chi connectivity index (χ3v) is 3.76. The molecule has 2 rings (SSSR count). The molecule has 0 amide bonds. The Bertz CT molecular complexity index is 414. The van der Waals surface area contributed by atoms with Gasteiger partial charge in [-0.25, -0.2) is 0 Å². The van der Waals surface area contributed by atoms with Crippen LogP contribution in [0.4, 0.5) is 5.69 Å². The summed E-state index contributed by atoms with van der Waals surface area (Å²) in [5.41, 5.74) is 8.38. The molecule has 1 aliphatic rings. The summed E-state index contributed by atoms with van der Waals surface area (Å²) in [6.07, 6.45) is 5.36. The summed E-state index contributed by atoms with van der Waals surface area (Å²) in [5.74, 6) is 0.295. The van der Waals surface area contributed by atoms with E-state index in [1.54, 1.807) is 0 Å². The van der Waals surface area contributed by atoms with Gasteiger partial charge in [-0.15, -0.1) is 0 Å². The maximum Gasteiger partial charge on any atom is 0.0926 e. The van der Waals surface area contributed by atoms with Crippen molar-refractivity contribution in [3.8, 4) is 0 Å². The van der Waals surface area contributed by atoms with Crippen molar-refractivity contribution < 1.29 is 0 Å². The van der Waals surface area contributed by atoms with Crippen LogP contribution < -0.4 is 10.6 Å². The lowest BCUT2D eigenvalue weighted by atomic mass is 10.0. The minimum atomic E-state index is 0.295. The van der Waals surface area contributed by atoms with Gasteiger partial charge in [0.1, 0.15) is 0 Å². The third kappa shape index (κ3) is 2.84. The number of benzene rings is 1. The lowest BCUT2D eigenvalue weighted by molar-refractivity contribution is 0.576. The van der Waals surface area contributed by atoms with Crippen molar-refractivity contribution in [1.29, 1.82) is 5.41 Å². The van der Waals surface area contributed by atoms with Gasteiger partial charge >= 0.3 is 0 Å². The maximum atomic E-state index is 7.54. The Morgan fingerprint density at radius 2 is 2.17 bits per heavy atom. The molecule has 3 heteroatoms. The lowest BCUT2D eigenvalue weighted by Gasteiger charge is -2.33. The number of aryl methyl sites for hydroxylation is 1. The Morgan fingerprint density at radius 3 is 2.89 bits per heavy atom. The summed E-state index contributed by atoms with van der Waals surface area (Å²) in [6, 6.07) is 9.03. The van der Waals surface area contributed by atoms with Gasteiger partial charge in [-0.05, 0) is 37.3 Å². The van der Waals surface area contributed by atoms with Crippen LogP contribution in [0, 0.1) is 5.41 Å². The second kappa shape index (κ2) is 5.89. The maximum absolute atomic E-state index is 7.54. The van der Waals surface area contributed by atoms with Crippen LogP contribution in [0.25, 0.3) is 0 Å². The minimum Gasteiger partial charge on any atom is -0.388 e. The first-order valence-electron chi connectivity index (χ1n) is 6.89. The summed E-state index contributed by atoms with van der Waals surface area (Å²) in [5, 5.41) is 7.54. The number of fused-ring (bicyclic) bond motifs is 1. The number of nitrogens with one attached hydrogen (secondary N) is 1. The second-order valence-electron chi connectivity index (χ2n) is 5.07. The van der Waals surface area contributed by atoms with Crippen molar-refractivity contribution in [1.82, 2.24) is 0 Å². The fraction of sp³-hybridized carbons (Fsp3) is 0.533. The first-order chi connectivity index (χ1) is 8.72. The third-order valence-electron chi connectivity index (χ3n) is 3.76. The average molecular weight is 245 g/mol. The number of para-hydroxylation sites is 1. The molecule has 18 heavy (non-hydrogen) atoms. The first-order valence-corrected chi connectivity index (χ1v) is 6.89. The van der Waals surface area contributed by atoms with Crippen molar-refractivity contribution in [2.24, 2.45) is 5.73 Å². The molecule has 0 fully saturated rings. The van der Waals surface area contributed by atoms with Crippen LogP contribution in [0.5, 0.6) is 0 Å². The van der Waals surface area contributed by atoms with Gasteiger partial charge < -0.3 is 10.6 Å². The Balaban J connectivity index is 2.28. The SMILES string of the molecule is CCC(CC(=N)N)N1CCCCc2ccccc21. The van der Waals surface area contributed by atoms with Crippen LogP contribution in [0.1, 0.15) is 38.2 Å². The lowest BCUT2D eigenvalue weighted by Crippen LogP contribution is -2.38. The van der Waals surface area contributed by atoms with Crippen molar-refractivity contribution in [2.45, 2.75) is 45.1 Å². The van der Waals surface area contributed by atoms with E-state index in [1.165, 1.54) is 30.5 Å². The summed E-state index contributed by atoms with van der Waals surface area (Å²) in [7, 11) is 0. The zero-order valence-corrected chi connectivity index (χ0v) is 11.2. The highest BCUT2D eigenvalue weighted by Crippen LogP contribution is 2.29. The smallest absolute Gasteiger partial charge is 0.0926 e. The molecule has 0 spiro atoms. The van der Waals surface area contributed by atoms with Crippen molar-refractivity contribution in [3.05, 3.63) is 29.8 Å². The van der Waals surface area contributed by atoms with Crippen LogP contribution in [0.2, 0.25) is 0 Å². The Morgan fingerprint density at radius 1 is 1.39 bits per heavy atom. The first kappa shape index (κ1) is 12.9. The van der Waals surface area contributed by atoms with E-state index < -0.39 is 0 Å². The van der Waals surface area contributed by atoms with Gasteiger partial charge in [0, 0.05) is 24.7 Å². The average Bonchev–Trinajstić information content (AvgIpc) is 2.58. The molecule has 0 aliphatic carbocycles. The van der Waals surface area contributed by atoms with Gasteiger partial charge in [0.05, 0.1) is 5.84 Å². The second-order valence-corrected chi connectivity index (χ2v) is 5.07. The van der Waals surface area contributed by atoms with Crippen molar-refractivity contribution in [2.75, 3.05) is 11.4 Å². The Labute approximate surface area is 109 Å². The molecule has 1 aliphatic heterocycles. The molecule has 98 valence electrons. The molecule has 1 unspecified atom stereocenters. The van der Waals surface area contributed by atoms with Crippen LogP contribution in [-0.4, -0.2) is 18.4 Å². The normalized spacial score (nSPS) is 16.8. The molecular weight excluding hydrogens is 222 g/mol. The Kier molecular flexibility index (Phi) is 4.24. The largest absolute Gasteiger partial charge is 0.388 e. The summed E-state index contributed by atoms with van der Waals surface area (Å²) >= 11 is 0. The molecule has 1 aromatic rings. The van der Waals surface area contributed by atoms with Gasteiger partial charge in [-0.1, -0.05) is 25.1 Å². The van der Waals surface area contributed by atoms with Crippen LogP contribution in [0.3, 0.4) is 0 Å². The molecule has 0 aromatic heterocycles. The molecule has 3 N–H and O–H groups in total. The number of nitrogens with zero attached hydrogens (tertiary/aromatic N) is 1. The van der Waals surface area contributed by atoms with E-state index in [0.717, 1.165) is 13.0 Å². The number of hydrogen-bond acceptors (Lipinski definition) is 2. The van der Waals surface area contributed by atoms with E-state index in [9.17, 15) is 0 Å². The number of anilines is 1. The highest BCUT2D eigenvalue weighted by atomic mass is 15.2. The van der Waals surface area contributed by atoms with Crippen LogP contribution in [0.15, 0.2) is 24.3 Å². The molecule has 0 saturated carbocycles. The minimum absolute atomic E-state index is 0.295. The number of amidine groups is 1. The van der Waals surface area contributed by atoms with Gasteiger partial charge in [0.2, 0.25) is 0 Å². The molecule has 1 heterocycles. The molecular formula is C15H23N3. The van der Waals surface area contributed by atoms with E-state index in [-0.39, 0.29) is 0 Å². The summed E-state index contributed by atoms with van der Waals surface area (Å²) in [4.78, 5) is 2.46. The van der Waals surface area contributed by atoms with Gasteiger partial charge in [0.25, 0.3) is 0 Å². The molecule has 1 atom stereocenters. The van der Waals surface area contributed by atoms with E-state index in [0.29, 0.717) is 18.3 Å². The number of hydrogen-bond donors (Lipinski definition) is 2. The molecule has 1 aromatic carbocycles. The Hall–Kier alpha value is -1.51. The zero-order chi connectivity index (χ0) is 13.0. The highest BCUT2D eigenvalue weighted by Gasteiger charge is 2.22. The summed E-state index contributed by atoms with van der Waals surface area (Å²) < 4.78 is 0. The van der Waals surface area contributed by atoms with Crippen LogP contribution in [-0.2, 0) is 6.42 Å². The van der Waals surface area contributed by atoms with Gasteiger partial charge in [-0.2, -0.15) is 0 Å². The standard InChI is InChI=1S/C15H23N3/c1-2-13(11-15(16)17)18-10-6-5-8-12-7-3-4-9-14(12)18/h3-4,7,9,13H,2,5-6,8,10-11H2,1H3,(H3,16,17). The van der Waals surface area contributed by atoms with Crippen molar-refractivity contribution in [3.63, 3.8) is 0 Å². The topological polar surface area (TPSA) is 53.1 Å². The molecule has 0 bridgehead atoms.